The van der Waals surface area contributed by atoms with E-state index in [0.29, 0.717) is 17.6 Å². The first-order valence-electron chi connectivity index (χ1n) is 9.89. The molecule has 0 fully saturated rings. The molecule has 0 aliphatic heterocycles. The third-order valence-corrected chi connectivity index (χ3v) is 5.44. The number of halogens is 1. The Hall–Kier alpha value is -3.32. The summed E-state index contributed by atoms with van der Waals surface area (Å²) < 4.78 is 7.17. The number of carbonyl (C=O) groups excluding carboxylic acids is 2. The number of nitrogens with zero attached hydrogens (tertiary/aromatic N) is 2. The lowest BCUT2D eigenvalue weighted by atomic mass is 9.96. The molecule has 2 heterocycles. The average Bonchev–Trinajstić information content (AvgIpc) is 3.16. The molecule has 4 rings (SSSR count). The van der Waals surface area contributed by atoms with E-state index in [1.807, 2.05) is 36.5 Å². The number of urea groups is 1. The van der Waals surface area contributed by atoms with Crippen LogP contribution in [-0.4, -0.2) is 42.3 Å². The maximum absolute atomic E-state index is 12.7. The van der Waals surface area contributed by atoms with E-state index >= 15 is 0 Å². The molecule has 0 saturated heterocycles. The average molecular weight is 441 g/mol. The molecule has 7 nitrogen and oxygen atoms in total. The Bertz CT molecular complexity index is 1280. The van der Waals surface area contributed by atoms with Gasteiger partial charge in [0.1, 0.15) is 0 Å². The van der Waals surface area contributed by atoms with Gasteiger partial charge in [-0.05, 0) is 31.0 Å². The van der Waals surface area contributed by atoms with Crippen molar-refractivity contribution in [2.75, 3.05) is 20.7 Å². The molecule has 0 aliphatic rings. The molecule has 0 bridgehead atoms. The van der Waals surface area contributed by atoms with E-state index in [1.54, 1.807) is 7.05 Å². The molecule has 0 aliphatic carbocycles. The Labute approximate surface area is 186 Å². The summed E-state index contributed by atoms with van der Waals surface area (Å²) in [6, 6.07) is 9.68. The smallest absolute Gasteiger partial charge is 0.340 e. The zero-order valence-corrected chi connectivity index (χ0v) is 18.5. The van der Waals surface area contributed by atoms with Crippen LogP contribution in [0.2, 0.25) is 0 Å². The van der Waals surface area contributed by atoms with Crippen molar-refractivity contribution < 1.29 is 14.3 Å². The molecule has 2 aromatic heterocycles. The van der Waals surface area contributed by atoms with Gasteiger partial charge < -0.3 is 19.9 Å². The van der Waals surface area contributed by atoms with Crippen LogP contribution in [0.4, 0.5) is 4.79 Å². The lowest BCUT2D eigenvalue weighted by molar-refractivity contribution is 0.0605. The fraction of sp³-hybridized carbons (Fsp3) is 0.261. The molecule has 2 amide bonds. The highest BCUT2D eigenvalue weighted by molar-refractivity contribution is 6.23. The van der Waals surface area contributed by atoms with Gasteiger partial charge in [-0.25, -0.2) is 14.6 Å². The first kappa shape index (κ1) is 22.4. The van der Waals surface area contributed by atoms with Gasteiger partial charge in [0.2, 0.25) is 0 Å². The van der Waals surface area contributed by atoms with Crippen LogP contribution in [0.25, 0.3) is 32.6 Å². The predicted octanol–water partition coefficient (Wildman–Crippen LogP) is 4.18. The van der Waals surface area contributed by atoms with Crippen molar-refractivity contribution in [1.82, 2.24) is 20.2 Å². The van der Waals surface area contributed by atoms with Crippen LogP contribution in [0.3, 0.4) is 0 Å². The van der Waals surface area contributed by atoms with Gasteiger partial charge in [0.15, 0.2) is 0 Å². The molecule has 4 aromatic rings. The second-order valence-corrected chi connectivity index (χ2v) is 7.21. The molecule has 0 atom stereocenters. The molecule has 0 radical (unpaired) electrons. The number of hydrogen-bond donors (Lipinski definition) is 2. The normalized spacial score (nSPS) is 10.8. The topological polar surface area (TPSA) is 85.2 Å². The molecule has 0 unspecified atom stereocenters. The minimum atomic E-state index is -0.389. The highest BCUT2D eigenvalue weighted by Gasteiger charge is 2.22. The Morgan fingerprint density at radius 3 is 2.65 bits per heavy atom. The highest BCUT2D eigenvalue weighted by atomic mass is 35.5. The van der Waals surface area contributed by atoms with Crippen LogP contribution in [0.5, 0.6) is 0 Å². The van der Waals surface area contributed by atoms with Gasteiger partial charge in [0.25, 0.3) is 0 Å². The Morgan fingerprint density at radius 1 is 1.13 bits per heavy atom. The summed E-state index contributed by atoms with van der Waals surface area (Å²) in [6.45, 7) is 3.38. The van der Waals surface area contributed by atoms with Crippen molar-refractivity contribution in [3.63, 3.8) is 0 Å². The minimum absolute atomic E-state index is 0. The largest absolute Gasteiger partial charge is 0.465 e. The van der Waals surface area contributed by atoms with Crippen molar-refractivity contribution in [1.29, 1.82) is 0 Å². The number of aryl methyl sites for hydroxylation is 2. The number of aromatic nitrogens is 2. The van der Waals surface area contributed by atoms with Crippen LogP contribution in [0, 0.1) is 6.92 Å². The molecule has 0 saturated carbocycles. The summed E-state index contributed by atoms with van der Waals surface area (Å²) >= 11 is 0. The van der Waals surface area contributed by atoms with Gasteiger partial charge in [-0.1, -0.05) is 18.2 Å². The zero-order valence-electron chi connectivity index (χ0n) is 17.7. The summed E-state index contributed by atoms with van der Waals surface area (Å²) in [5.41, 5.74) is 3.13. The Balaban J connectivity index is 0.00000272. The minimum Gasteiger partial charge on any atom is -0.465 e. The summed E-state index contributed by atoms with van der Waals surface area (Å²) in [7, 11) is 2.99. The number of hydrogen-bond acceptors (Lipinski definition) is 4. The van der Waals surface area contributed by atoms with Gasteiger partial charge in [0.05, 0.1) is 23.7 Å². The van der Waals surface area contributed by atoms with E-state index < -0.39 is 0 Å². The van der Waals surface area contributed by atoms with Gasteiger partial charge in [0, 0.05) is 54.1 Å². The number of ether oxygens (including phenoxy) is 1. The predicted molar refractivity (Wildman–Crippen MR) is 125 cm³/mol. The van der Waals surface area contributed by atoms with Gasteiger partial charge in [-0.15, -0.1) is 12.4 Å². The fourth-order valence-corrected chi connectivity index (χ4v) is 3.96. The number of nitrogens with one attached hydrogen (secondary N) is 2. The lowest BCUT2D eigenvalue weighted by Crippen LogP contribution is -2.33. The number of fused-ring (bicyclic) bond motifs is 4. The van der Waals surface area contributed by atoms with Crippen molar-refractivity contribution >= 4 is 57.0 Å². The van der Waals surface area contributed by atoms with E-state index in [2.05, 4.69) is 28.3 Å². The van der Waals surface area contributed by atoms with E-state index in [4.69, 9.17) is 9.72 Å². The number of pyridine rings is 1. The van der Waals surface area contributed by atoms with E-state index in [-0.39, 0.29) is 24.4 Å². The number of amides is 2. The number of rotatable bonds is 5. The molecular formula is C23H25ClN4O3. The molecular weight excluding hydrogens is 416 g/mol. The van der Waals surface area contributed by atoms with Crippen molar-refractivity contribution in [3.8, 4) is 0 Å². The van der Waals surface area contributed by atoms with Crippen LogP contribution in [-0.2, 0) is 11.3 Å². The van der Waals surface area contributed by atoms with Crippen LogP contribution in [0.1, 0.15) is 22.3 Å². The zero-order chi connectivity index (χ0) is 21.3. The van der Waals surface area contributed by atoms with Crippen molar-refractivity contribution in [2.45, 2.75) is 19.9 Å². The standard InChI is InChI=1S/C23H24N4O3.ClH/c1-14-17-13-27(11-6-10-25-23(29)24-2)12-9-15(17)20(22(28)30-3)21-19(14)16-7-4-5-8-18(16)26-21;/h4-5,7-9,12-13H,6,10-11H2,1-3H3,(H2,24,25,29);1H. The van der Waals surface area contributed by atoms with Crippen LogP contribution in [0.15, 0.2) is 42.7 Å². The van der Waals surface area contributed by atoms with E-state index in [1.165, 1.54) is 7.11 Å². The molecule has 8 heteroatoms. The third-order valence-electron chi connectivity index (χ3n) is 5.44. The van der Waals surface area contributed by atoms with Crippen molar-refractivity contribution in [2.24, 2.45) is 0 Å². The second-order valence-electron chi connectivity index (χ2n) is 7.21. The molecule has 0 spiro atoms. The highest BCUT2D eigenvalue weighted by Crippen LogP contribution is 2.37. The summed E-state index contributed by atoms with van der Waals surface area (Å²) in [6.07, 6.45) is 4.79. The van der Waals surface area contributed by atoms with Gasteiger partial charge in [-0.2, -0.15) is 0 Å². The number of carbonyl (C=O) groups is 2. The number of esters is 1. The van der Waals surface area contributed by atoms with Crippen LogP contribution >= 0.6 is 12.4 Å². The Kier molecular flexibility index (Phi) is 6.65. The first-order chi connectivity index (χ1) is 14.5. The molecule has 31 heavy (non-hydrogen) atoms. The van der Waals surface area contributed by atoms with Crippen molar-refractivity contribution in [3.05, 3.63) is 53.9 Å². The van der Waals surface area contributed by atoms with Crippen LogP contribution < -0.4 is 10.6 Å². The Morgan fingerprint density at radius 2 is 1.90 bits per heavy atom. The van der Waals surface area contributed by atoms with Gasteiger partial charge in [-0.3, -0.25) is 0 Å². The molecule has 162 valence electrons. The third kappa shape index (κ3) is 4.01. The molecule has 2 aromatic carbocycles. The summed E-state index contributed by atoms with van der Waals surface area (Å²) in [5, 5.41) is 9.16. The first-order valence-corrected chi connectivity index (χ1v) is 9.89. The second kappa shape index (κ2) is 9.22. The number of para-hydroxylation sites is 1. The van der Waals surface area contributed by atoms with E-state index in [9.17, 15) is 9.59 Å². The lowest BCUT2D eigenvalue weighted by Gasteiger charge is -2.14. The molecule has 2 N–H and O–H groups in total. The number of benzene rings is 2. The summed E-state index contributed by atoms with van der Waals surface area (Å²) in [4.78, 5) is 28.8. The maximum atomic E-state index is 12.7. The van der Waals surface area contributed by atoms with Gasteiger partial charge >= 0.3 is 12.0 Å². The van der Waals surface area contributed by atoms with E-state index in [0.717, 1.165) is 45.6 Å². The SMILES string of the molecule is CNC(=O)NCCCn1ccc2c(C(=O)OC)c3nc4ccccc4c3c(C)c2c1.Cl. The monoisotopic (exact) mass is 440 g/mol. The quantitative estimate of drug-likeness (QED) is 0.360. The number of methoxy groups -OCH3 is 1. The maximum Gasteiger partial charge on any atom is 0.340 e. The summed E-state index contributed by atoms with van der Waals surface area (Å²) in [5.74, 6) is -0.389. The fourth-order valence-electron chi connectivity index (χ4n) is 3.96.